The summed E-state index contributed by atoms with van der Waals surface area (Å²) in [6.45, 7) is 2.14. The molecule has 0 radical (unpaired) electrons. The highest BCUT2D eigenvalue weighted by Gasteiger charge is 2.12. The van der Waals surface area contributed by atoms with Gasteiger partial charge in [0.25, 0.3) is 5.91 Å². The largest absolute Gasteiger partial charge is 0.496 e. The van der Waals surface area contributed by atoms with E-state index in [-0.39, 0.29) is 11.6 Å². The monoisotopic (exact) mass is 382 g/mol. The Morgan fingerprint density at radius 3 is 2.70 bits per heavy atom. The lowest BCUT2D eigenvalue weighted by Crippen LogP contribution is -2.24. The molecule has 6 nitrogen and oxygen atoms in total. The van der Waals surface area contributed by atoms with Crippen LogP contribution in [0.4, 0.5) is 11.6 Å². The van der Waals surface area contributed by atoms with E-state index in [2.05, 4.69) is 20.6 Å². The van der Waals surface area contributed by atoms with Gasteiger partial charge in [-0.1, -0.05) is 35.9 Å². The summed E-state index contributed by atoms with van der Waals surface area (Å²) in [5.74, 6) is 0.764. The number of carbonyl (C=O) groups is 1. The fourth-order valence-electron chi connectivity index (χ4n) is 2.55. The van der Waals surface area contributed by atoms with Crippen LogP contribution in [0, 0.1) is 6.92 Å². The highest BCUT2D eigenvalue weighted by molar-refractivity contribution is 6.30. The molecule has 27 heavy (non-hydrogen) atoms. The number of amides is 1. The van der Waals surface area contributed by atoms with Crippen LogP contribution < -0.4 is 15.4 Å². The summed E-state index contributed by atoms with van der Waals surface area (Å²) in [5, 5.41) is 6.52. The average molecular weight is 383 g/mol. The number of aromatic nitrogens is 2. The number of para-hydroxylation sites is 1. The minimum absolute atomic E-state index is 0.280. The number of aryl methyl sites for hydroxylation is 1. The minimum Gasteiger partial charge on any atom is -0.496 e. The Morgan fingerprint density at radius 1 is 1.11 bits per heavy atom. The van der Waals surface area contributed by atoms with Gasteiger partial charge in [0.1, 0.15) is 11.4 Å². The molecule has 0 aliphatic heterocycles. The first kappa shape index (κ1) is 18.7. The Hall–Kier alpha value is -3.12. The number of benzene rings is 2. The number of carbonyl (C=O) groups excluding carboxylic acids is 1. The zero-order valence-electron chi connectivity index (χ0n) is 15.0. The van der Waals surface area contributed by atoms with Crippen LogP contribution >= 0.6 is 11.6 Å². The number of nitrogens with zero attached hydrogens (tertiary/aromatic N) is 2. The van der Waals surface area contributed by atoms with Crippen molar-refractivity contribution in [2.24, 2.45) is 0 Å². The number of hydrogen-bond donors (Lipinski definition) is 2. The van der Waals surface area contributed by atoms with Gasteiger partial charge in [0, 0.05) is 28.5 Å². The van der Waals surface area contributed by atoms with Crippen LogP contribution in [0.15, 0.2) is 54.6 Å². The molecule has 0 unspecified atom stereocenters. The van der Waals surface area contributed by atoms with Crippen molar-refractivity contribution in [1.82, 2.24) is 15.3 Å². The van der Waals surface area contributed by atoms with Crippen LogP contribution in [0.5, 0.6) is 5.75 Å². The predicted octanol–water partition coefficient (Wildman–Crippen LogP) is 4.12. The fourth-order valence-corrected chi connectivity index (χ4v) is 2.74. The lowest BCUT2D eigenvalue weighted by atomic mass is 10.2. The second kappa shape index (κ2) is 8.51. The summed E-state index contributed by atoms with van der Waals surface area (Å²) in [5.41, 5.74) is 2.59. The van der Waals surface area contributed by atoms with Crippen LogP contribution in [-0.4, -0.2) is 23.0 Å². The number of rotatable bonds is 6. The highest BCUT2D eigenvalue weighted by atomic mass is 35.5. The lowest BCUT2D eigenvalue weighted by molar-refractivity contribution is 0.0945. The van der Waals surface area contributed by atoms with E-state index in [1.807, 2.05) is 43.3 Å². The molecular formula is C20H19ClN4O2. The molecule has 2 aromatic carbocycles. The maximum Gasteiger partial charge on any atom is 0.270 e. The van der Waals surface area contributed by atoms with Gasteiger partial charge in [-0.25, -0.2) is 9.97 Å². The Morgan fingerprint density at radius 2 is 1.93 bits per heavy atom. The predicted molar refractivity (Wildman–Crippen MR) is 106 cm³/mol. The van der Waals surface area contributed by atoms with E-state index < -0.39 is 0 Å². The number of ether oxygens (including phenoxy) is 1. The van der Waals surface area contributed by atoms with Crippen LogP contribution in [0.1, 0.15) is 21.7 Å². The summed E-state index contributed by atoms with van der Waals surface area (Å²) in [4.78, 5) is 21.2. The van der Waals surface area contributed by atoms with Crippen molar-refractivity contribution >= 4 is 29.1 Å². The third kappa shape index (κ3) is 4.95. The van der Waals surface area contributed by atoms with Gasteiger partial charge >= 0.3 is 0 Å². The molecule has 1 heterocycles. The summed E-state index contributed by atoms with van der Waals surface area (Å²) in [6, 6.07) is 16.4. The van der Waals surface area contributed by atoms with Crippen molar-refractivity contribution in [1.29, 1.82) is 0 Å². The molecule has 0 saturated heterocycles. The van der Waals surface area contributed by atoms with E-state index in [9.17, 15) is 4.79 Å². The SMILES string of the molecule is COc1ccccc1CNC(=O)c1cc(C)nc(Nc2cccc(Cl)c2)n1. The molecule has 0 bridgehead atoms. The average Bonchev–Trinajstić information content (AvgIpc) is 2.66. The zero-order valence-corrected chi connectivity index (χ0v) is 15.7. The van der Waals surface area contributed by atoms with E-state index in [1.54, 1.807) is 25.3 Å². The first-order chi connectivity index (χ1) is 13.0. The van der Waals surface area contributed by atoms with E-state index in [1.165, 1.54) is 0 Å². The highest BCUT2D eigenvalue weighted by Crippen LogP contribution is 2.19. The maximum atomic E-state index is 12.5. The van der Waals surface area contributed by atoms with Gasteiger partial charge in [-0.15, -0.1) is 0 Å². The Kier molecular flexibility index (Phi) is 5.88. The van der Waals surface area contributed by atoms with E-state index >= 15 is 0 Å². The number of halogens is 1. The molecule has 1 amide bonds. The Labute approximate surface area is 162 Å². The van der Waals surface area contributed by atoms with Crippen molar-refractivity contribution < 1.29 is 9.53 Å². The van der Waals surface area contributed by atoms with Gasteiger partial charge in [0.2, 0.25) is 5.95 Å². The first-order valence-corrected chi connectivity index (χ1v) is 8.71. The maximum absolute atomic E-state index is 12.5. The fraction of sp³-hybridized carbons (Fsp3) is 0.150. The van der Waals surface area contributed by atoms with Gasteiger partial charge in [-0.2, -0.15) is 0 Å². The van der Waals surface area contributed by atoms with Crippen molar-refractivity contribution in [3.05, 3.63) is 76.6 Å². The molecule has 2 N–H and O–H groups in total. The number of anilines is 2. The summed E-state index contributed by atoms with van der Waals surface area (Å²) < 4.78 is 5.30. The quantitative estimate of drug-likeness (QED) is 0.670. The van der Waals surface area contributed by atoms with Crippen LogP contribution in [0.25, 0.3) is 0 Å². The van der Waals surface area contributed by atoms with Gasteiger partial charge in [0.15, 0.2) is 0 Å². The third-order valence-electron chi connectivity index (χ3n) is 3.80. The molecule has 0 aliphatic carbocycles. The molecule has 138 valence electrons. The normalized spacial score (nSPS) is 10.3. The van der Waals surface area contributed by atoms with Gasteiger partial charge < -0.3 is 15.4 Å². The molecule has 0 atom stereocenters. The van der Waals surface area contributed by atoms with Crippen LogP contribution in [0.3, 0.4) is 0 Å². The topological polar surface area (TPSA) is 76.1 Å². The third-order valence-corrected chi connectivity index (χ3v) is 4.03. The van der Waals surface area contributed by atoms with E-state index in [0.29, 0.717) is 23.2 Å². The molecular weight excluding hydrogens is 364 g/mol. The molecule has 0 spiro atoms. The Balaban J connectivity index is 1.74. The molecule has 1 aromatic heterocycles. The number of hydrogen-bond acceptors (Lipinski definition) is 5. The van der Waals surface area contributed by atoms with E-state index in [4.69, 9.17) is 16.3 Å². The standard InChI is InChI=1S/C20H19ClN4O2/c1-13-10-17(19(26)22-12-14-6-3-4-9-18(14)27-2)25-20(23-13)24-16-8-5-7-15(21)11-16/h3-11H,12H2,1-2H3,(H,22,26)(H,23,24,25). The van der Waals surface area contributed by atoms with E-state index in [0.717, 1.165) is 17.0 Å². The first-order valence-electron chi connectivity index (χ1n) is 8.33. The van der Waals surface area contributed by atoms with Gasteiger partial charge in [-0.05, 0) is 37.3 Å². The summed E-state index contributed by atoms with van der Waals surface area (Å²) >= 11 is 5.99. The van der Waals surface area contributed by atoms with Crippen LogP contribution in [-0.2, 0) is 6.54 Å². The molecule has 0 fully saturated rings. The molecule has 0 aliphatic rings. The number of nitrogens with one attached hydrogen (secondary N) is 2. The Bertz CT molecular complexity index is 962. The van der Waals surface area contributed by atoms with Crippen molar-refractivity contribution in [3.8, 4) is 5.75 Å². The second-order valence-electron chi connectivity index (χ2n) is 5.85. The minimum atomic E-state index is -0.291. The van der Waals surface area contributed by atoms with Gasteiger partial charge in [-0.3, -0.25) is 4.79 Å². The second-order valence-corrected chi connectivity index (χ2v) is 6.28. The molecule has 0 saturated carbocycles. The molecule has 3 rings (SSSR count). The zero-order chi connectivity index (χ0) is 19.2. The van der Waals surface area contributed by atoms with Crippen molar-refractivity contribution in [2.45, 2.75) is 13.5 Å². The molecule has 7 heteroatoms. The number of methoxy groups -OCH3 is 1. The van der Waals surface area contributed by atoms with Crippen molar-refractivity contribution in [2.75, 3.05) is 12.4 Å². The molecule has 3 aromatic rings. The van der Waals surface area contributed by atoms with Crippen LogP contribution in [0.2, 0.25) is 5.02 Å². The summed E-state index contributed by atoms with van der Waals surface area (Å²) in [7, 11) is 1.60. The van der Waals surface area contributed by atoms with Crippen molar-refractivity contribution in [3.63, 3.8) is 0 Å². The summed E-state index contributed by atoms with van der Waals surface area (Å²) in [6.07, 6.45) is 0. The van der Waals surface area contributed by atoms with Gasteiger partial charge in [0.05, 0.1) is 7.11 Å². The lowest BCUT2D eigenvalue weighted by Gasteiger charge is -2.11. The smallest absolute Gasteiger partial charge is 0.270 e.